The van der Waals surface area contributed by atoms with Crippen molar-refractivity contribution in [3.63, 3.8) is 0 Å². The zero-order valence-corrected chi connectivity index (χ0v) is 17.6. The number of benzene rings is 1. The molecule has 1 atom stereocenters. The van der Waals surface area contributed by atoms with Crippen molar-refractivity contribution in [1.29, 1.82) is 0 Å². The molecule has 1 saturated heterocycles. The lowest BCUT2D eigenvalue weighted by molar-refractivity contribution is 0.0937. The van der Waals surface area contributed by atoms with Crippen LogP contribution in [0.5, 0.6) is 0 Å². The minimum Gasteiger partial charge on any atom is -0.383 e. The third-order valence-electron chi connectivity index (χ3n) is 5.82. The van der Waals surface area contributed by atoms with Crippen LogP contribution in [0.3, 0.4) is 0 Å². The summed E-state index contributed by atoms with van der Waals surface area (Å²) in [5, 5.41) is 6.19. The van der Waals surface area contributed by atoms with Crippen LogP contribution in [0.2, 0.25) is 0 Å². The summed E-state index contributed by atoms with van der Waals surface area (Å²) >= 11 is 1.70. The van der Waals surface area contributed by atoms with Crippen molar-refractivity contribution in [2.45, 2.75) is 25.3 Å². The van der Waals surface area contributed by atoms with Crippen LogP contribution in [0, 0.1) is 6.92 Å². The molecule has 1 N–H and O–H groups in total. The molecule has 150 valence electrons. The van der Waals surface area contributed by atoms with Gasteiger partial charge in [0.15, 0.2) is 0 Å². The van der Waals surface area contributed by atoms with Crippen molar-refractivity contribution in [3.8, 4) is 0 Å². The van der Waals surface area contributed by atoms with Crippen molar-refractivity contribution < 1.29 is 9.53 Å². The molecular formula is C21H28N4O2S. The second-order valence-corrected chi connectivity index (χ2v) is 9.02. The Hall–Kier alpha value is -1.96. The summed E-state index contributed by atoms with van der Waals surface area (Å²) < 4.78 is 5.03. The van der Waals surface area contributed by atoms with Gasteiger partial charge in [0.25, 0.3) is 5.91 Å². The molecule has 1 fully saturated rings. The van der Waals surface area contributed by atoms with E-state index in [-0.39, 0.29) is 11.3 Å². The lowest BCUT2D eigenvalue weighted by atomic mass is 9.81. The highest BCUT2D eigenvalue weighted by Crippen LogP contribution is 2.47. The van der Waals surface area contributed by atoms with Gasteiger partial charge in [-0.3, -0.25) is 4.79 Å². The van der Waals surface area contributed by atoms with Crippen LogP contribution in [0.25, 0.3) is 0 Å². The minimum absolute atomic E-state index is 0.0325. The van der Waals surface area contributed by atoms with Crippen LogP contribution < -0.4 is 10.2 Å². The molecule has 1 aromatic heterocycles. The van der Waals surface area contributed by atoms with E-state index >= 15 is 0 Å². The first-order chi connectivity index (χ1) is 13.5. The maximum absolute atomic E-state index is 12.6. The lowest BCUT2D eigenvalue weighted by Crippen LogP contribution is -2.35. The molecule has 2 aromatic rings. The number of aryl methyl sites for hydroxylation is 1. The molecular weight excluding hydrogens is 372 g/mol. The highest BCUT2D eigenvalue weighted by atomic mass is 32.1. The van der Waals surface area contributed by atoms with E-state index in [9.17, 15) is 4.79 Å². The van der Waals surface area contributed by atoms with Gasteiger partial charge in [-0.05, 0) is 50.7 Å². The maximum Gasteiger partial charge on any atom is 0.251 e. The molecule has 7 heteroatoms. The highest BCUT2D eigenvalue weighted by molar-refractivity contribution is 7.09. The van der Waals surface area contributed by atoms with E-state index < -0.39 is 0 Å². The number of methoxy groups -OCH3 is 1. The summed E-state index contributed by atoms with van der Waals surface area (Å²) in [5.74, 6) is -0.0325. The van der Waals surface area contributed by atoms with Gasteiger partial charge in [0.2, 0.25) is 0 Å². The number of nitrogens with one attached hydrogen (secondary N) is 1. The Morgan fingerprint density at radius 2 is 2.25 bits per heavy atom. The topological polar surface area (TPSA) is 57.7 Å². The molecule has 1 aromatic carbocycles. The van der Waals surface area contributed by atoms with Gasteiger partial charge in [-0.15, -0.1) is 11.3 Å². The summed E-state index contributed by atoms with van der Waals surface area (Å²) in [7, 11) is 3.82. The van der Waals surface area contributed by atoms with Crippen LogP contribution >= 0.6 is 11.3 Å². The van der Waals surface area contributed by atoms with E-state index in [4.69, 9.17) is 4.74 Å². The molecule has 0 radical (unpaired) electrons. The van der Waals surface area contributed by atoms with Crippen molar-refractivity contribution in [2.24, 2.45) is 0 Å². The van der Waals surface area contributed by atoms with Crippen molar-refractivity contribution in [2.75, 3.05) is 51.8 Å². The number of rotatable bonds is 6. The zero-order valence-electron chi connectivity index (χ0n) is 16.8. The average Bonchev–Trinajstić information content (AvgIpc) is 3.34. The summed E-state index contributed by atoms with van der Waals surface area (Å²) in [4.78, 5) is 22.1. The van der Waals surface area contributed by atoms with E-state index in [0.29, 0.717) is 13.2 Å². The number of amides is 1. The Kier molecular flexibility index (Phi) is 5.40. The second-order valence-electron chi connectivity index (χ2n) is 7.96. The normalized spacial score (nSPS) is 21.5. The summed E-state index contributed by atoms with van der Waals surface area (Å²) in [5.41, 5.74) is 4.50. The highest BCUT2D eigenvalue weighted by Gasteiger charge is 2.46. The van der Waals surface area contributed by atoms with Gasteiger partial charge in [-0.25, -0.2) is 4.98 Å². The number of carbonyl (C=O) groups is 1. The summed E-state index contributed by atoms with van der Waals surface area (Å²) in [6.07, 6.45) is 1.12. The number of carbonyl (C=O) groups excluding carboxylic acids is 1. The third-order valence-corrected chi connectivity index (χ3v) is 6.64. The van der Waals surface area contributed by atoms with Gasteiger partial charge in [0.05, 0.1) is 23.9 Å². The van der Waals surface area contributed by atoms with Gasteiger partial charge in [0.1, 0.15) is 0 Å². The molecule has 2 aliphatic heterocycles. The van der Waals surface area contributed by atoms with Crippen molar-refractivity contribution >= 4 is 22.9 Å². The zero-order chi connectivity index (χ0) is 19.7. The first-order valence-electron chi connectivity index (χ1n) is 9.77. The number of anilines is 1. The fourth-order valence-electron chi connectivity index (χ4n) is 4.53. The Labute approximate surface area is 170 Å². The van der Waals surface area contributed by atoms with Crippen LogP contribution in [0.15, 0.2) is 23.6 Å². The second kappa shape index (κ2) is 7.81. The molecule has 1 amide bonds. The molecule has 1 spiro atoms. The number of likely N-dealkylation sites (N-methyl/N-ethyl adjacent to an activating group) is 1. The number of likely N-dealkylation sites (tertiary alicyclic amines) is 1. The predicted octanol–water partition coefficient (Wildman–Crippen LogP) is 2.42. The number of nitrogens with zero attached hydrogens (tertiary/aromatic N) is 3. The van der Waals surface area contributed by atoms with Gasteiger partial charge in [-0.1, -0.05) is 0 Å². The summed E-state index contributed by atoms with van der Waals surface area (Å²) in [6, 6.07) is 6.17. The summed E-state index contributed by atoms with van der Waals surface area (Å²) in [6.45, 7) is 7.02. The van der Waals surface area contributed by atoms with Gasteiger partial charge in [-0.2, -0.15) is 0 Å². The monoisotopic (exact) mass is 400 g/mol. The van der Waals surface area contributed by atoms with E-state index in [1.54, 1.807) is 18.4 Å². The van der Waals surface area contributed by atoms with E-state index in [1.807, 2.05) is 13.0 Å². The molecule has 0 aliphatic carbocycles. The Balaban J connectivity index is 1.63. The number of ether oxygens (including phenoxy) is 1. The molecule has 4 rings (SSSR count). The number of fused-ring (bicyclic) bond motifs is 2. The fraction of sp³-hybridized carbons (Fsp3) is 0.524. The van der Waals surface area contributed by atoms with Crippen LogP contribution in [-0.4, -0.2) is 62.7 Å². The smallest absolute Gasteiger partial charge is 0.251 e. The third kappa shape index (κ3) is 3.66. The molecule has 3 heterocycles. The Bertz CT molecular complexity index is 868. The Morgan fingerprint density at radius 1 is 1.39 bits per heavy atom. The number of hydrogen-bond acceptors (Lipinski definition) is 6. The van der Waals surface area contributed by atoms with Crippen molar-refractivity contribution in [3.05, 3.63) is 45.4 Å². The molecule has 1 unspecified atom stereocenters. The fourth-order valence-corrected chi connectivity index (χ4v) is 5.13. The van der Waals surface area contributed by atoms with Crippen LogP contribution in [0.4, 0.5) is 5.69 Å². The average molecular weight is 401 g/mol. The first-order valence-corrected chi connectivity index (χ1v) is 10.6. The predicted molar refractivity (Wildman–Crippen MR) is 112 cm³/mol. The SMILES string of the molecule is COCCNC(=O)c1ccc2c(c1)C1(CCN(C)C1)CN2Cc1csc(C)n1. The van der Waals surface area contributed by atoms with Gasteiger partial charge >= 0.3 is 0 Å². The van der Waals surface area contributed by atoms with E-state index in [0.717, 1.165) is 48.9 Å². The Morgan fingerprint density at radius 3 is 2.93 bits per heavy atom. The molecule has 28 heavy (non-hydrogen) atoms. The molecule has 6 nitrogen and oxygen atoms in total. The first kappa shape index (κ1) is 19.4. The van der Waals surface area contributed by atoms with Gasteiger partial charge < -0.3 is 19.9 Å². The largest absolute Gasteiger partial charge is 0.383 e. The van der Waals surface area contributed by atoms with Crippen LogP contribution in [0.1, 0.15) is 33.0 Å². The van der Waals surface area contributed by atoms with Gasteiger partial charge in [0, 0.05) is 48.8 Å². The quantitative estimate of drug-likeness (QED) is 0.755. The van der Waals surface area contributed by atoms with E-state index in [2.05, 4.69) is 44.7 Å². The minimum atomic E-state index is -0.0325. The lowest BCUT2D eigenvalue weighted by Gasteiger charge is -2.25. The standard InChI is InChI=1S/C21H28N4O2S/c1-15-23-17(12-28-15)11-25-14-21(6-8-24(2)13-21)18-10-16(4-5-19(18)25)20(26)22-7-9-27-3/h4-5,10,12H,6-9,11,13-14H2,1-3H3,(H,22,26). The van der Waals surface area contributed by atoms with E-state index in [1.165, 1.54) is 11.3 Å². The molecule has 0 bridgehead atoms. The van der Waals surface area contributed by atoms with Crippen LogP contribution in [-0.2, 0) is 16.7 Å². The number of aromatic nitrogens is 1. The number of thiazole rings is 1. The molecule has 0 saturated carbocycles. The van der Waals surface area contributed by atoms with Crippen molar-refractivity contribution in [1.82, 2.24) is 15.2 Å². The number of hydrogen-bond donors (Lipinski definition) is 1. The molecule has 2 aliphatic rings. The maximum atomic E-state index is 12.6.